The minimum Gasteiger partial charge on any atom is -0.490 e. The van der Waals surface area contributed by atoms with Crippen molar-refractivity contribution in [1.82, 2.24) is 4.98 Å². The molecule has 0 saturated heterocycles. The van der Waals surface area contributed by atoms with Crippen LogP contribution in [-0.4, -0.2) is 37.2 Å². The summed E-state index contributed by atoms with van der Waals surface area (Å²) in [6.07, 6.45) is 0.579. The number of benzene rings is 1. The third-order valence-corrected chi connectivity index (χ3v) is 3.60. The van der Waals surface area contributed by atoms with Crippen LogP contribution in [0.2, 0.25) is 0 Å². The molecule has 0 saturated carbocycles. The Labute approximate surface area is 140 Å². The number of methoxy groups -OCH3 is 1. The van der Waals surface area contributed by atoms with Crippen molar-refractivity contribution in [3.8, 4) is 5.75 Å². The molecule has 24 heavy (non-hydrogen) atoms. The van der Waals surface area contributed by atoms with Crippen molar-refractivity contribution in [3.05, 3.63) is 52.8 Å². The summed E-state index contributed by atoms with van der Waals surface area (Å²) in [6.45, 7) is 3.95. The van der Waals surface area contributed by atoms with Crippen LogP contribution in [0.3, 0.4) is 0 Å². The molecule has 128 valence electrons. The van der Waals surface area contributed by atoms with Crippen molar-refractivity contribution in [2.24, 2.45) is 0 Å². The lowest BCUT2D eigenvalue weighted by Crippen LogP contribution is -2.13. The van der Waals surface area contributed by atoms with Crippen LogP contribution in [-0.2, 0) is 15.9 Å². The Morgan fingerprint density at radius 2 is 1.79 bits per heavy atom. The van der Waals surface area contributed by atoms with Crippen molar-refractivity contribution < 1.29 is 23.8 Å². The van der Waals surface area contributed by atoms with Crippen LogP contribution >= 0.6 is 0 Å². The zero-order valence-electron chi connectivity index (χ0n) is 14.0. The number of H-pyrrole nitrogens is 1. The average Bonchev–Trinajstić information content (AvgIpc) is 2.95. The molecule has 0 radical (unpaired) electrons. The maximum atomic E-state index is 12.2. The summed E-state index contributed by atoms with van der Waals surface area (Å²) in [6, 6.07) is 9.28. The molecule has 0 aliphatic rings. The van der Waals surface area contributed by atoms with Gasteiger partial charge in [0.05, 0.1) is 12.7 Å². The van der Waals surface area contributed by atoms with Crippen LogP contribution < -0.4 is 4.74 Å². The molecule has 1 heterocycles. The molecule has 6 nitrogen and oxygen atoms in total. The van der Waals surface area contributed by atoms with E-state index in [2.05, 4.69) is 4.98 Å². The Morgan fingerprint density at radius 1 is 1.08 bits per heavy atom. The van der Waals surface area contributed by atoms with Gasteiger partial charge in [0.1, 0.15) is 24.7 Å². The number of para-hydroxylation sites is 1. The standard InChI is InChI=1S/C18H21NO5/c1-4-14-15(17(20)22-3)12(2)16(19-14)18(21)24-11-10-23-13-8-6-5-7-9-13/h5-9,19H,4,10-11H2,1-3H3. The molecule has 6 heteroatoms. The zero-order valence-corrected chi connectivity index (χ0v) is 14.0. The van der Waals surface area contributed by atoms with Gasteiger partial charge >= 0.3 is 11.9 Å². The Bertz CT molecular complexity index is 706. The number of carbonyl (C=O) groups is 2. The van der Waals surface area contributed by atoms with Crippen molar-refractivity contribution in [2.45, 2.75) is 20.3 Å². The largest absolute Gasteiger partial charge is 0.490 e. The molecule has 1 N–H and O–H groups in total. The van der Waals surface area contributed by atoms with E-state index in [1.807, 2.05) is 37.3 Å². The van der Waals surface area contributed by atoms with Crippen LogP contribution in [0.25, 0.3) is 0 Å². The average molecular weight is 331 g/mol. The Balaban J connectivity index is 1.97. The van der Waals surface area contributed by atoms with Gasteiger partial charge < -0.3 is 19.2 Å². The van der Waals surface area contributed by atoms with Crippen LogP contribution in [0.4, 0.5) is 0 Å². The summed E-state index contributed by atoms with van der Waals surface area (Å²) in [5, 5.41) is 0. The molecule has 0 fully saturated rings. The molecule has 2 rings (SSSR count). The minimum atomic E-state index is -0.519. The SMILES string of the molecule is CCc1[nH]c(C(=O)OCCOc2ccccc2)c(C)c1C(=O)OC. The second kappa shape index (κ2) is 8.19. The van der Waals surface area contributed by atoms with Gasteiger partial charge in [-0.15, -0.1) is 0 Å². The van der Waals surface area contributed by atoms with E-state index in [1.165, 1.54) is 7.11 Å². The van der Waals surface area contributed by atoms with E-state index in [4.69, 9.17) is 14.2 Å². The summed E-state index contributed by atoms with van der Waals surface area (Å²) >= 11 is 0. The van der Waals surface area contributed by atoms with Gasteiger partial charge in [-0.2, -0.15) is 0 Å². The van der Waals surface area contributed by atoms with Gasteiger partial charge in [0.15, 0.2) is 0 Å². The quantitative estimate of drug-likeness (QED) is 0.623. The minimum absolute atomic E-state index is 0.112. The first-order valence-electron chi connectivity index (χ1n) is 7.73. The number of ether oxygens (including phenoxy) is 3. The van der Waals surface area contributed by atoms with Gasteiger partial charge in [-0.1, -0.05) is 25.1 Å². The molecule has 0 aliphatic heterocycles. The fraction of sp³-hybridized carbons (Fsp3) is 0.333. The fourth-order valence-electron chi connectivity index (χ4n) is 2.39. The lowest BCUT2D eigenvalue weighted by atomic mass is 10.1. The molecule has 0 unspecified atom stereocenters. The van der Waals surface area contributed by atoms with Crippen molar-refractivity contribution >= 4 is 11.9 Å². The molecule has 1 aromatic carbocycles. The van der Waals surface area contributed by atoms with Crippen molar-refractivity contribution in [1.29, 1.82) is 0 Å². The summed E-state index contributed by atoms with van der Waals surface area (Å²) in [5.74, 6) is -0.271. The van der Waals surface area contributed by atoms with E-state index in [0.29, 0.717) is 29.0 Å². The summed E-state index contributed by atoms with van der Waals surface area (Å²) in [4.78, 5) is 27.0. The Morgan fingerprint density at radius 3 is 2.42 bits per heavy atom. The monoisotopic (exact) mass is 331 g/mol. The maximum Gasteiger partial charge on any atom is 0.355 e. The molecular formula is C18H21NO5. The first-order chi connectivity index (χ1) is 11.6. The second-order valence-electron chi connectivity index (χ2n) is 5.12. The highest BCUT2D eigenvalue weighted by Crippen LogP contribution is 2.21. The Kier molecular flexibility index (Phi) is 6.01. The third-order valence-electron chi connectivity index (χ3n) is 3.60. The molecule has 1 aromatic heterocycles. The van der Waals surface area contributed by atoms with E-state index < -0.39 is 11.9 Å². The molecule has 0 spiro atoms. The predicted molar refractivity (Wildman–Crippen MR) is 88.5 cm³/mol. The molecule has 0 aliphatic carbocycles. The maximum absolute atomic E-state index is 12.2. The van der Waals surface area contributed by atoms with Crippen LogP contribution in [0.15, 0.2) is 30.3 Å². The number of rotatable bonds is 7. The number of hydrogen-bond acceptors (Lipinski definition) is 5. The summed E-state index contributed by atoms with van der Waals surface area (Å²) in [5.41, 5.74) is 1.86. The third kappa shape index (κ3) is 3.95. The van der Waals surface area contributed by atoms with Gasteiger partial charge in [-0.3, -0.25) is 0 Å². The lowest BCUT2D eigenvalue weighted by Gasteiger charge is -2.07. The lowest BCUT2D eigenvalue weighted by molar-refractivity contribution is 0.0443. The first kappa shape index (κ1) is 17.6. The molecule has 0 atom stereocenters. The van der Waals surface area contributed by atoms with Crippen LogP contribution in [0, 0.1) is 6.92 Å². The van der Waals surface area contributed by atoms with Gasteiger partial charge in [-0.25, -0.2) is 9.59 Å². The van der Waals surface area contributed by atoms with Gasteiger partial charge in [0.2, 0.25) is 0 Å². The van der Waals surface area contributed by atoms with E-state index >= 15 is 0 Å². The summed E-state index contributed by atoms with van der Waals surface area (Å²) < 4.78 is 15.4. The van der Waals surface area contributed by atoms with Gasteiger partial charge in [0.25, 0.3) is 0 Å². The number of aromatic amines is 1. The van der Waals surface area contributed by atoms with Crippen LogP contribution in [0.1, 0.15) is 39.0 Å². The normalized spacial score (nSPS) is 10.3. The van der Waals surface area contributed by atoms with E-state index in [0.717, 1.165) is 0 Å². The number of carbonyl (C=O) groups excluding carboxylic acids is 2. The number of nitrogens with one attached hydrogen (secondary N) is 1. The predicted octanol–water partition coefficient (Wildman–Crippen LogP) is 2.91. The van der Waals surface area contributed by atoms with E-state index in [9.17, 15) is 9.59 Å². The highest BCUT2D eigenvalue weighted by molar-refractivity contribution is 5.98. The van der Waals surface area contributed by atoms with Crippen molar-refractivity contribution in [2.75, 3.05) is 20.3 Å². The fourth-order valence-corrected chi connectivity index (χ4v) is 2.39. The topological polar surface area (TPSA) is 77.6 Å². The molecule has 0 bridgehead atoms. The second-order valence-corrected chi connectivity index (χ2v) is 5.12. The first-order valence-corrected chi connectivity index (χ1v) is 7.73. The van der Waals surface area contributed by atoms with E-state index in [1.54, 1.807) is 6.92 Å². The highest BCUT2D eigenvalue weighted by Gasteiger charge is 2.24. The Hall–Kier alpha value is -2.76. The molecule has 2 aromatic rings. The van der Waals surface area contributed by atoms with Crippen molar-refractivity contribution in [3.63, 3.8) is 0 Å². The van der Waals surface area contributed by atoms with Gasteiger partial charge in [0, 0.05) is 5.69 Å². The highest BCUT2D eigenvalue weighted by atomic mass is 16.6. The van der Waals surface area contributed by atoms with Crippen LogP contribution in [0.5, 0.6) is 5.75 Å². The van der Waals surface area contributed by atoms with Gasteiger partial charge in [-0.05, 0) is 31.0 Å². The summed E-state index contributed by atoms with van der Waals surface area (Å²) in [7, 11) is 1.31. The number of esters is 2. The molecule has 0 amide bonds. The zero-order chi connectivity index (χ0) is 17.5. The van der Waals surface area contributed by atoms with E-state index in [-0.39, 0.29) is 18.9 Å². The number of hydrogen-bond donors (Lipinski definition) is 1. The smallest absolute Gasteiger partial charge is 0.355 e. The number of aryl methyl sites for hydroxylation is 1. The number of aromatic nitrogens is 1. The molecular weight excluding hydrogens is 310 g/mol.